The van der Waals surface area contributed by atoms with Gasteiger partial charge >= 0.3 is 5.97 Å². The fourth-order valence-corrected chi connectivity index (χ4v) is 2.90. The number of hydrogen-bond donors (Lipinski definition) is 1. The van der Waals surface area contributed by atoms with Crippen LogP contribution in [0.4, 0.5) is 8.78 Å². The van der Waals surface area contributed by atoms with E-state index in [4.69, 9.17) is 4.74 Å². The highest BCUT2D eigenvalue weighted by atomic mass is 19.3. The highest BCUT2D eigenvalue weighted by Gasteiger charge is 2.36. The average Bonchev–Trinajstić information content (AvgIpc) is 2.55. The molecule has 1 aromatic carbocycles. The Morgan fingerprint density at radius 1 is 1.33 bits per heavy atom. The Morgan fingerprint density at radius 2 is 2.04 bits per heavy atom. The van der Waals surface area contributed by atoms with Crippen LogP contribution >= 0.6 is 0 Å². The van der Waals surface area contributed by atoms with Crippen molar-refractivity contribution >= 4 is 11.9 Å². The molecule has 5 nitrogen and oxygen atoms in total. The molecule has 0 radical (unpaired) electrons. The van der Waals surface area contributed by atoms with Gasteiger partial charge in [-0.3, -0.25) is 14.5 Å². The van der Waals surface area contributed by atoms with Gasteiger partial charge in [0.05, 0.1) is 25.1 Å². The summed E-state index contributed by atoms with van der Waals surface area (Å²) in [5.41, 5.74) is 0.464. The van der Waals surface area contributed by atoms with Crippen molar-refractivity contribution < 1.29 is 23.1 Å². The fourth-order valence-electron chi connectivity index (χ4n) is 2.90. The van der Waals surface area contributed by atoms with Gasteiger partial charge in [0.15, 0.2) is 0 Å². The third-order valence-electron chi connectivity index (χ3n) is 4.03. The van der Waals surface area contributed by atoms with E-state index >= 15 is 0 Å². The molecule has 1 saturated heterocycles. The number of ether oxygens (including phenoxy) is 1. The molecule has 1 aliphatic heterocycles. The average molecular weight is 340 g/mol. The van der Waals surface area contributed by atoms with Gasteiger partial charge in [-0.2, -0.15) is 0 Å². The minimum absolute atomic E-state index is 0.201. The summed E-state index contributed by atoms with van der Waals surface area (Å²) in [6.45, 7) is 2.17. The van der Waals surface area contributed by atoms with Crippen LogP contribution in [-0.2, 0) is 9.53 Å². The van der Waals surface area contributed by atoms with E-state index in [-0.39, 0.29) is 25.6 Å². The first kappa shape index (κ1) is 18.3. The van der Waals surface area contributed by atoms with Gasteiger partial charge < -0.3 is 10.1 Å². The van der Waals surface area contributed by atoms with Gasteiger partial charge in [-0.1, -0.05) is 18.2 Å². The molecule has 1 aliphatic rings. The molecule has 2 atom stereocenters. The van der Waals surface area contributed by atoms with E-state index in [1.165, 1.54) is 0 Å². The lowest BCUT2D eigenvalue weighted by molar-refractivity contribution is -0.150. The molecule has 1 fully saturated rings. The van der Waals surface area contributed by atoms with Crippen molar-refractivity contribution in [3.8, 4) is 0 Å². The molecule has 0 aliphatic carbocycles. The second-order valence-corrected chi connectivity index (χ2v) is 5.74. The Balaban J connectivity index is 2.08. The zero-order valence-electron chi connectivity index (χ0n) is 13.6. The van der Waals surface area contributed by atoms with Crippen LogP contribution < -0.4 is 5.32 Å². The summed E-state index contributed by atoms with van der Waals surface area (Å²) in [5.74, 6) is -1.24. The fraction of sp³-hybridized carbons (Fsp3) is 0.529. The third kappa shape index (κ3) is 4.99. The lowest BCUT2D eigenvalue weighted by atomic mass is 9.91. The number of halogens is 2. The number of hydrogen-bond acceptors (Lipinski definition) is 4. The molecule has 1 aromatic rings. The van der Waals surface area contributed by atoms with Crippen LogP contribution in [0.1, 0.15) is 23.7 Å². The van der Waals surface area contributed by atoms with Crippen LogP contribution in [0.3, 0.4) is 0 Å². The number of carbonyl (C=O) groups is 2. The Bertz CT molecular complexity index is 554. The van der Waals surface area contributed by atoms with Gasteiger partial charge in [0.25, 0.3) is 12.3 Å². The van der Waals surface area contributed by atoms with Crippen molar-refractivity contribution in [2.75, 3.05) is 26.2 Å². The molecule has 0 unspecified atom stereocenters. The van der Waals surface area contributed by atoms with Crippen LogP contribution in [-0.4, -0.2) is 55.5 Å². The van der Waals surface area contributed by atoms with Crippen molar-refractivity contribution in [3.63, 3.8) is 0 Å². The minimum Gasteiger partial charge on any atom is -0.466 e. The van der Waals surface area contributed by atoms with Gasteiger partial charge in [0.1, 0.15) is 0 Å². The predicted molar refractivity (Wildman–Crippen MR) is 84.9 cm³/mol. The van der Waals surface area contributed by atoms with Crippen LogP contribution in [0, 0.1) is 5.92 Å². The van der Waals surface area contributed by atoms with E-state index in [0.717, 1.165) is 0 Å². The molecular formula is C17H22F2N2O3. The lowest BCUT2D eigenvalue weighted by Gasteiger charge is -2.37. The summed E-state index contributed by atoms with van der Waals surface area (Å²) in [5, 5.41) is 2.80. The van der Waals surface area contributed by atoms with Crippen LogP contribution in [0.25, 0.3) is 0 Å². The summed E-state index contributed by atoms with van der Waals surface area (Å²) in [6.07, 6.45) is -2.07. The normalized spacial score (nSPS) is 21.5. The number of esters is 1. The standard InChI is InChI=1S/C17H22F2N2O3/c1-2-24-17(23)13-8-9-21(11-15(18)19)10-14(13)20-16(22)12-6-4-3-5-7-12/h3-7,13-15H,2,8-11H2,1H3,(H,20,22)/t13-,14+/m1/s1. The van der Waals surface area contributed by atoms with Crippen molar-refractivity contribution in [3.05, 3.63) is 35.9 Å². The Morgan fingerprint density at radius 3 is 2.67 bits per heavy atom. The zero-order chi connectivity index (χ0) is 17.5. The maximum Gasteiger partial charge on any atom is 0.311 e. The SMILES string of the molecule is CCOC(=O)[C@@H]1CCN(CC(F)F)C[C@@H]1NC(=O)c1ccccc1. The van der Waals surface area contributed by atoms with Crippen molar-refractivity contribution in [1.29, 1.82) is 0 Å². The summed E-state index contributed by atoms with van der Waals surface area (Å²) in [4.78, 5) is 26.0. The lowest BCUT2D eigenvalue weighted by Crippen LogP contribution is -2.55. The Labute approximate surface area is 140 Å². The van der Waals surface area contributed by atoms with E-state index in [9.17, 15) is 18.4 Å². The van der Waals surface area contributed by atoms with Gasteiger partial charge in [0.2, 0.25) is 0 Å². The van der Waals surface area contributed by atoms with Gasteiger partial charge in [-0.05, 0) is 32.0 Å². The number of likely N-dealkylation sites (tertiary alicyclic amines) is 1. The van der Waals surface area contributed by atoms with Crippen molar-refractivity contribution in [1.82, 2.24) is 10.2 Å². The molecule has 132 valence electrons. The van der Waals surface area contributed by atoms with Gasteiger partial charge in [0, 0.05) is 12.1 Å². The Hall–Kier alpha value is -2.02. The third-order valence-corrected chi connectivity index (χ3v) is 4.03. The first-order chi connectivity index (χ1) is 11.5. The van der Waals surface area contributed by atoms with Crippen LogP contribution in [0.5, 0.6) is 0 Å². The monoisotopic (exact) mass is 340 g/mol. The smallest absolute Gasteiger partial charge is 0.311 e. The highest BCUT2D eigenvalue weighted by molar-refractivity contribution is 5.94. The second-order valence-electron chi connectivity index (χ2n) is 5.74. The van der Waals surface area contributed by atoms with Gasteiger partial charge in [-0.15, -0.1) is 0 Å². The number of piperidine rings is 1. The number of carbonyl (C=O) groups excluding carboxylic acids is 2. The molecule has 0 spiro atoms. The minimum atomic E-state index is -2.45. The molecule has 1 amide bonds. The summed E-state index contributed by atoms with van der Waals surface area (Å²) in [6, 6.07) is 8.04. The highest BCUT2D eigenvalue weighted by Crippen LogP contribution is 2.21. The van der Waals surface area contributed by atoms with Crippen molar-refractivity contribution in [2.24, 2.45) is 5.92 Å². The maximum atomic E-state index is 12.6. The van der Waals surface area contributed by atoms with E-state index in [1.54, 1.807) is 42.2 Å². The predicted octanol–water partition coefficient (Wildman–Crippen LogP) is 1.94. The summed E-state index contributed by atoms with van der Waals surface area (Å²) >= 11 is 0. The summed E-state index contributed by atoms with van der Waals surface area (Å²) < 4.78 is 30.3. The molecule has 0 aromatic heterocycles. The molecule has 1 heterocycles. The largest absolute Gasteiger partial charge is 0.466 e. The number of nitrogens with zero attached hydrogens (tertiary/aromatic N) is 1. The maximum absolute atomic E-state index is 12.6. The molecular weight excluding hydrogens is 318 g/mol. The number of rotatable bonds is 6. The molecule has 0 bridgehead atoms. The number of benzene rings is 1. The topological polar surface area (TPSA) is 58.6 Å². The molecule has 24 heavy (non-hydrogen) atoms. The molecule has 1 N–H and O–H groups in total. The molecule has 7 heteroatoms. The molecule has 2 rings (SSSR count). The van der Waals surface area contributed by atoms with Crippen molar-refractivity contribution in [2.45, 2.75) is 25.8 Å². The Kier molecular flexibility index (Phi) is 6.66. The number of alkyl halides is 2. The zero-order valence-corrected chi connectivity index (χ0v) is 13.6. The first-order valence-electron chi connectivity index (χ1n) is 8.04. The van der Waals surface area contributed by atoms with Crippen LogP contribution in [0.2, 0.25) is 0 Å². The van der Waals surface area contributed by atoms with E-state index < -0.39 is 24.4 Å². The van der Waals surface area contributed by atoms with Gasteiger partial charge in [-0.25, -0.2) is 8.78 Å². The summed E-state index contributed by atoms with van der Waals surface area (Å²) in [7, 11) is 0. The van der Waals surface area contributed by atoms with E-state index in [2.05, 4.69) is 5.32 Å². The second kappa shape index (κ2) is 8.73. The number of nitrogens with one attached hydrogen (secondary N) is 1. The van der Waals surface area contributed by atoms with E-state index in [1.807, 2.05) is 0 Å². The molecule has 0 saturated carbocycles. The van der Waals surface area contributed by atoms with E-state index in [0.29, 0.717) is 18.5 Å². The number of amides is 1. The first-order valence-corrected chi connectivity index (χ1v) is 8.04. The van der Waals surface area contributed by atoms with Crippen LogP contribution in [0.15, 0.2) is 30.3 Å². The quantitative estimate of drug-likeness (QED) is 0.804.